The summed E-state index contributed by atoms with van der Waals surface area (Å²) >= 11 is 0. The van der Waals surface area contributed by atoms with Crippen molar-refractivity contribution in [2.45, 2.75) is 39.2 Å². The van der Waals surface area contributed by atoms with Crippen molar-refractivity contribution in [3.63, 3.8) is 0 Å². The van der Waals surface area contributed by atoms with E-state index >= 15 is 0 Å². The molecule has 1 aromatic carbocycles. The van der Waals surface area contributed by atoms with Gasteiger partial charge in [0.2, 0.25) is 5.91 Å². The van der Waals surface area contributed by atoms with Crippen LogP contribution >= 0.6 is 0 Å². The zero-order chi connectivity index (χ0) is 22.6. The predicted molar refractivity (Wildman–Crippen MR) is 113 cm³/mol. The van der Waals surface area contributed by atoms with Crippen molar-refractivity contribution >= 4 is 18.3 Å². The third-order valence-electron chi connectivity index (χ3n) is 5.98. The highest BCUT2D eigenvalue weighted by Crippen LogP contribution is 2.37. The lowest BCUT2D eigenvalue weighted by Crippen LogP contribution is -2.62. The molecule has 0 saturated carbocycles. The molecule has 0 radical (unpaired) electrons. The number of amides is 2. The Morgan fingerprint density at radius 3 is 2.55 bits per heavy atom. The molecule has 0 unspecified atom stereocenters. The second-order valence-corrected chi connectivity index (χ2v) is 8.04. The van der Waals surface area contributed by atoms with Gasteiger partial charge in [-0.2, -0.15) is 5.10 Å². The van der Waals surface area contributed by atoms with Gasteiger partial charge in [-0.1, -0.05) is 0 Å². The van der Waals surface area contributed by atoms with E-state index in [0.717, 1.165) is 23.5 Å². The molecule has 9 heteroatoms. The quantitative estimate of drug-likeness (QED) is 0.619. The molecule has 2 aromatic rings. The van der Waals surface area contributed by atoms with Crippen molar-refractivity contribution in [3.05, 3.63) is 47.3 Å². The van der Waals surface area contributed by atoms with Gasteiger partial charge >= 0.3 is 0 Å². The Balaban J connectivity index is 0.000000858. The molecule has 2 saturated heterocycles. The highest BCUT2D eigenvalue weighted by Gasteiger charge is 2.50. The summed E-state index contributed by atoms with van der Waals surface area (Å²) in [7, 11) is 0. The van der Waals surface area contributed by atoms with Gasteiger partial charge in [0.25, 0.3) is 12.4 Å². The van der Waals surface area contributed by atoms with E-state index in [9.17, 15) is 14.7 Å². The molecule has 9 nitrogen and oxygen atoms in total. The number of nitrogens with zero attached hydrogens (tertiary/aromatic N) is 3. The lowest BCUT2D eigenvalue weighted by Gasteiger charge is -2.46. The summed E-state index contributed by atoms with van der Waals surface area (Å²) in [5, 5.41) is 24.7. The molecule has 2 atom stereocenters. The van der Waals surface area contributed by atoms with E-state index in [1.54, 1.807) is 17.0 Å². The fourth-order valence-corrected chi connectivity index (χ4v) is 4.43. The minimum absolute atomic E-state index is 0.107. The molecule has 166 valence electrons. The monoisotopic (exact) mass is 428 g/mol. The number of aromatic nitrogens is 2. The molecule has 0 aliphatic carbocycles. The summed E-state index contributed by atoms with van der Waals surface area (Å²) in [6.07, 6.45) is 1.15. The van der Waals surface area contributed by atoms with Crippen LogP contribution < -0.4 is 5.32 Å². The third-order valence-corrected chi connectivity index (χ3v) is 5.98. The number of carbonyl (C=O) groups is 3. The fourth-order valence-electron chi connectivity index (χ4n) is 4.43. The van der Waals surface area contributed by atoms with Crippen molar-refractivity contribution < 1.29 is 24.6 Å². The van der Waals surface area contributed by atoms with Crippen LogP contribution in [0.5, 0.6) is 0 Å². The van der Waals surface area contributed by atoms with Crippen LogP contribution in [-0.2, 0) is 9.59 Å². The number of aliphatic hydroxyl groups is 1. The number of likely N-dealkylation sites (tertiary alicyclic amines) is 1. The first-order valence-electron chi connectivity index (χ1n) is 10.3. The van der Waals surface area contributed by atoms with E-state index in [-0.39, 0.29) is 24.8 Å². The maximum absolute atomic E-state index is 13.0. The molecule has 3 N–H and O–H groups in total. The first-order chi connectivity index (χ1) is 14.8. The average Bonchev–Trinajstić information content (AvgIpc) is 3.10. The summed E-state index contributed by atoms with van der Waals surface area (Å²) in [5.74, 6) is -0.242. The Bertz CT molecular complexity index is 955. The normalized spacial score (nSPS) is 23.0. The van der Waals surface area contributed by atoms with Crippen LogP contribution in [-0.4, -0.2) is 68.9 Å². The van der Waals surface area contributed by atoms with Gasteiger partial charge in [0.1, 0.15) is 0 Å². The highest BCUT2D eigenvalue weighted by molar-refractivity contribution is 5.95. The van der Waals surface area contributed by atoms with E-state index in [2.05, 4.69) is 10.4 Å². The minimum Gasteiger partial charge on any atom is -0.483 e. The third kappa shape index (κ3) is 4.46. The summed E-state index contributed by atoms with van der Waals surface area (Å²) in [6.45, 7) is 5.04. The second-order valence-electron chi connectivity index (χ2n) is 8.04. The van der Waals surface area contributed by atoms with Gasteiger partial charge in [0, 0.05) is 30.9 Å². The molecular weight excluding hydrogens is 400 g/mol. The van der Waals surface area contributed by atoms with Gasteiger partial charge in [0.05, 0.1) is 22.9 Å². The van der Waals surface area contributed by atoms with E-state index < -0.39 is 11.5 Å². The lowest BCUT2D eigenvalue weighted by atomic mass is 9.71. The number of benzene rings is 1. The van der Waals surface area contributed by atoms with E-state index in [1.165, 1.54) is 0 Å². The molecule has 1 aromatic heterocycles. The molecule has 2 fully saturated rings. The number of carbonyl (C=O) groups excluding carboxylic acids is 2. The predicted octanol–water partition coefficient (Wildman–Crippen LogP) is 1.29. The zero-order valence-corrected chi connectivity index (χ0v) is 17.7. The Labute approximate surface area is 180 Å². The minimum atomic E-state index is -0.879. The lowest BCUT2D eigenvalue weighted by molar-refractivity contribution is -0.147. The van der Waals surface area contributed by atoms with E-state index in [1.807, 2.05) is 36.7 Å². The van der Waals surface area contributed by atoms with Gasteiger partial charge in [0.15, 0.2) is 0 Å². The van der Waals surface area contributed by atoms with Crippen LogP contribution in [0.1, 0.15) is 41.0 Å². The first kappa shape index (κ1) is 22.5. The molecule has 0 bridgehead atoms. The number of aliphatic hydroxyl groups excluding tert-OH is 1. The van der Waals surface area contributed by atoms with Crippen LogP contribution in [0.2, 0.25) is 0 Å². The van der Waals surface area contributed by atoms with E-state index in [4.69, 9.17) is 9.90 Å². The average molecular weight is 428 g/mol. The number of rotatable bonds is 2. The molecule has 2 amide bonds. The van der Waals surface area contributed by atoms with Gasteiger partial charge in [-0.25, -0.2) is 4.68 Å². The van der Waals surface area contributed by atoms with Crippen molar-refractivity contribution in [2.24, 2.45) is 5.41 Å². The smallest absolute Gasteiger partial charge is 0.290 e. The topological polar surface area (TPSA) is 125 Å². The highest BCUT2D eigenvalue weighted by atomic mass is 16.3. The Morgan fingerprint density at radius 1 is 1.29 bits per heavy atom. The van der Waals surface area contributed by atoms with E-state index in [0.29, 0.717) is 31.5 Å². The molecule has 1 spiro atoms. The Hall–Kier alpha value is -3.20. The van der Waals surface area contributed by atoms with Crippen molar-refractivity contribution in [2.75, 3.05) is 19.6 Å². The van der Waals surface area contributed by atoms with Gasteiger partial charge < -0.3 is 20.4 Å². The van der Waals surface area contributed by atoms with Gasteiger partial charge in [-0.3, -0.25) is 14.4 Å². The summed E-state index contributed by atoms with van der Waals surface area (Å²) < 4.78 is 1.85. The largest absolute Gasteiger partial charge is 0.483 e. The Morgan fingerprint density at radius 2 is 1.97 bits per heavy atom. The standard InChI is InChI=1S/C21H26N4O3.CH2O2/c1-14-12-15(2)25(23-14)17-6-4-16(5-7-17)19(27)24-11-8-18(26)21(13-24)9-3-10-22-20(21)28;2-1-3/h4-7,12,18,26H,3,8-11,13H2,1-2H3,(H,22,28);1H,(H,2,3)/t18-,21+;/m0./s1. The molecule has 31 heavy (non-hydrogen) atoms. The maximum atomic E-state index is 13.0. The zero-order valence-electron chi connectivity index (χ0n) is 17.7. The maximum Gasteiger partial charge on any atom is 0.290 e. The SMILES string of the molecule is Cc1cc(C)n(-c2ccc(C(=O)N3CC[C@H](O)[C@@]4(CCCNC4=O)C3)cc2)n1.O=CO. The van der Waals surface area contributed by atoms with Crippen LogP contribution in [0.3, 0.4) is 0 Å². The molecular formula is C22H28N4O5. The number of hydrogen-bond donors (Lipinski definition) is 3. The number of aryl methyl sites for hydroxylation is 2. The fraction of sp³-hybridized carbons (Fsp3) is 0.455. The van der Waals surface area contributed by atoms with Gasteiger partial charge in [-0.05, 0) is 63.4 Å². The molecule has 4 rings (SSSR count). The summed E-state index contributed by atoms with van der Waals surface area (Å²) in [4.78, 5) is 35.6. The second kappa shape index (κ2) is 9.30. The van der Waals surface area contributed by atoms with Crippen LogP contribution in [0.15, 0.2) is 30.3 Å². The summed E-state index contributed by atoms with van der Waals surface area (Å²) in [5.41, 5.74) is 2.58. The number of piperidine rings is 2. The first-order valence-corrected chi connectivity index (χ1v) is 10.3. The van der Waals surface area contributed by atoms with Crippen molar-refractivity contribution in [3.8, 4) is 5.69 Å². The van der Waals surface area contributed by atoms with Crippen molar-refractivity contribution in [1.82, 2.24) is 20.0 Å². The molecule has 2 aliphatic heterocycles. The number of carboxylic acid groups (broad SMARTS) is 1. The number of nitrogens with one attached hydrogen (secondary N) is 1. The van der Waals surface area contributed by atoms with Crippen LogP contribution in [0.4, 0.5) is 0 Å². The molecule has 3 heterocycles. The van der Waals surface area contributed by atoms with Crippen molar-refractivity contribution in [1.29, 1.82) is 0 Å². The number of hydrogen-bond acceptors (Lipinski definition) is 5. The van der Waals surface area contributed by atoms with Crippen LogP contribution in [0, 0.1) is 19.3 Å². The van der Waals surface area contributed by atoms with Gasteiger partial charge in [-0.15, -0.1) is 0 Å². The summed E-state index contributed by atoms with van der Waals surface area (Å²) in [6, 6.07) is 9.37. The molecule has 2 aliphatic rings. The van der Waals surface area contributed by atoms with Crippen LogP contribution in [0.25, 0.3) is 5.69 Å². The Kier molecular flexibility index (Phi) is 6.74.